The fourth-order valence-electron chi connectivity index (χ4n) is 1.88. The van der Waals surface area contributed by atoms with Crippen LogP contribution in [-0.4, -0.2) is 50.3 Å². The number of halogens is 1. The summed E-state index contributed by atoms with van der Waals surface area (Å²) >= 11 is 0. The van der Waals surface area contributed by atoms with Gasteiger partial charge in [-0.2, -0.15) is 0 Å². The number of carbonyl (C=O) groups excluding carboxylic acids is 1. The lowest BCUT2D eigenvalue weighted by Crippen LogP contribution is -2.42. The first-order chi connectivity index (χ1) is 9.25. The number of rotatable bonds is 4. The van der Waals surface area contributed by atoms with Crippen molar-refractivity contribution in [1.82, 2.24) is 10.2 Å². The van der Waals surface area contributed by atoms with Crippen molar-refractivity contribution in [2.24, 2.45) is 0 Å². The van der Waals surface area contributed by atoms with Crippen LogP contribution in [0.3, 0.4) is 0 Å². The number of para-hydroxylation sites is 1. The molecule has 1 aromatic rings. The maximum atomic E-state index is 13.3. The highest BCUT2D eigenvalue weighted by atomic mass is 19.1. The Balaban J connectivity index is 1.68. The summed E-state index contributed by atoms with van der Waals surface area (Å²) in [4.78, 5) is 13.8. The highest BCUT2D eigenvalue weighted by Gasteiger charge is 2.10. The van der Waals surface area contributed by atoms with Gasteiger partial charge in [0.15, 0.2) is 0 Å². The molecule has 0 bridgehead atoms. The molecule has 0 unspecified atom stereocenters. The van der Waals surface area contributed by atoms with Gasteiger partial charge in [-0.05, 0) is 12.1 Å². The predicted molar refractivity (Wildman–Crippen MR) is 70.7 cm³/mol. The molecule has 6 heteroatoms. The van der Waals surface area contributed by atoms with E-state index in [-0.39, 0.29) is 5.69 Å². The maximum absolute atomic E-state index is 13.3. The van der Waals surface area contributed by atoms with Crippen molar-refractivity contribution >= 4 is 11.7 Å². The molecule has 0 saturated carbocycles. The van der Waals surface area contributed by atoms with Gasteiger partial charge in [-0.3, -0.25) is 4.90 Å². The van der Waals surface area contributed by atoms with Gasteiger partial charge in [0.2, 0.25) is 0 Å². The third-order valence-corrected chi connectivity index (χ3v) is 2.94. The number of anilines is 1. The average Bonchev–Trinajstić information content (AvgIpc) is 2.43. The second-order valence-corrected chi connectivity index (χ2v) is 4.31. The molecule has 1 aliphatic heterocycles. The molecule has 0 atom stereocenters. The van der Waals surface area contributed by atoms with Crippen molar-refractivity contribution in [1.29, 1.82) is 0 Å². The van der Waals surface area contributed by atoms with E-state index in [1.807, 2.05) is 0 Å². The highest BCUT2D eigenvalue weighted by Crippen LogP contribution is 2.11. The molecule has 19 heavy (non-hydrogen) atoms. The van der Waals surface area contributed by atoms with Crippen LogP contribution in [0.25, 0.3) is 0 Å². The summed E-state index contributed by atoms with van der Waals surface area (Å²) < 4.78 is 18.5. The Labute approximate surface area is 111 Å². The van der Waals surface area contributed by atoms with Crippen LogP contribution in [0, 0.1) is 5.82 Å². The molecule has 0 aliphatic carbocycles. The number of nitrogens with one attached hydrogen (secondary N) is 2. The summed E-state index contributed by atoms with van der Waals surface area (Å²) in [7, 11) is 0. The van der Waals surface area contributed by atoms with E-state index >= 15 is 0 Å². The zero-order valence-corrected chi connectivity index (χ0v) is 10.7. The molecular formula is C13H18FN3O2. The van der Waals surface area contributed by atoms with Gasteiger partial charge < -0.3 is 15.4 Å². The van der Waals surface area contributed by atoms with Crippen molar-refractivity contribution in [2.45, 2.75) is 0 Å². The highest BCUT2D eigenvalue weighted by molar-refractivity contribution is 5.89. The van der Waals surface area contributed by atoms with E-state index < -0.39 is 11.8 Å². The number of ether oxygens (including phenoxy) is 1. The molecule has 1 saturated heterocycles. The van der Waals surface area contributed by atoms with Crippen molar-refractivity contribution in [2.75, 3.05) is 44.7 Å². The summed E-state index contributed by atoms with van der Waals surface area (Å²) in [5.74, 6) is -0.439. The summed E-state index contributed by atoms with van der Waals surface area (Å²) in [6.07, 6.45) is 0. The van der Waals surface area contributed by atoms with E-state index in [0.717, 1.165) is 32.8 Å². The smallest absolute Gasteiger partial charge is 0.319 e. The van der Waals surface area contributed by atoms with E-state index in [4.69, 9.17) is 4.74 Å². The fourth-order valence-corrected chi connectivity index (χ4v) is 1.88. The molecule has 1 aliphatic rings. The van der Waals surface area contributed by atoms with Crippen LogP contribution in [0.4, 0.5) is 14.9 Å². The number of nitrogens with zero attached hydrogens (tertiary/aromatic N) is 1. The molecule has 5 nitrogen and oxygen atoms in total. The second kappa shape index (κ2) is 7.06. The molecule has 0 aromatic heterocycles. The second-order valence-electron chi connectivity index (χ2n) is 4.31. The SMILES string of the molecule is O=C(NCCN1CCOCC1)Nc1ccccc1F. The van der Waals surface area contributed by atoms with E-state index in [1.165, 1.54) is 12.1 Å². The van der Waals surface area contributed by atoms with E-state index in [2.05, 4.69) is 15.5 Å². The number of benzene rings is 1. The Bertz CT molecular complexity index is 422. The van der Waals surface area contributed by atoms with Crippen molar-refractivity contribution < 1.29 is 13.9 Å². The van der Waals surface area contributed by atoms with E-state index in [9.17, 15) is 9.18 Å². The first-order valence-corrected chi connectivity index (χ1v) is 6.35. The topological polar surface area (TPSA) is 53.6 Å². The van der Waals surface area contributed by atoms with Gasteiger partial charge in [-0.15, -0.1) is 0 Å². The molecular weight excluding hydrogens is 249 g/mol. The monoisotopic (exact) mass is 267 g/mol. The summed E-state index contributed by atoms with van der Waals surface area (Å²) in [6.45, 7) is 4.55. The Morgan fingerprint density at radius 3 is 2.79 bits per heavy atom. The van der Waals surface area contributed by atoms with Gasteiger partial charge in [-0.1, -0.05) is 12.1 Å². The number of morpholine rings is 1. The Morgan fingerprint density at radius 1 is 1.32 bits per heavy atom. The molecule has 0 spiro atoms. The minimum absolute atomic E-state index is 0.186. The first-order valence-electron chi connectivity index (χ1n) is 6.35. The van der Waals surface area contributed by atoms with E-state index in [1.54, 1.807) is 12.1 Å². The Morgan fingerprint density at radius 2 is 2.05 bits per heavy atom. The van der Waals surface area contributed by atoms with Crippen molar-refractivity contribution in [3.8, 4) is 0 Å². The minimum atomic E-state index is -0.439. The first kappa shape index (κ1) is 13.8. The van der Waals surface area contributed by atoms with Crippen LogP contribution in [-0.2, 0) is 4.74 Å². The van der Waals surface area contributed by atoms with Crippen molar-refractivity contribution in [3.63, 3.8) is 0 Å². The molecule has 0 radical (unpaired) electrons. The van der Waals surface area contributed by atoms with Gasteiger partial charge in [0.1, 0.15) is 5.82 Å². The number of hydrogen-bond acceptors (Lipinski definition) is 3. The van der Waals surface area contributed by atoms with Crippen LogP contribution in [0.1, 0.15) is 0 Å². The third-order valence-electron chi connectivity index (χ3n) is 2.94. The zero-order chi connectivity index (χ0) is 13.5. The average molecular weight is 267 g/mol. The molecule has 1 aromatic carbocycles. The van der Waals surface area contributed by atoms with Crippen LogP contribution >= 0.6 is 0 Å². The molecule has 2 amide bonds. The van der Waals surface area contributed by atoms with Gasteiger partial charge in [0.25, 0.3) is 0 Å². The molecule has 104 valence electrons. The van der Waals surface area contributed by atoms with Crippen LogP contribution in [0.15, 0.2) is 24.3 Å². The molecule has 2 rings (SSSR count). The minimum Gasteiger partial charge on any atom is -0.379 e. The number of carbonyl (C=O) groups is 1. The summed E-state index contributed by atoms with van der Waals surface area (Å²) in [6, 6.07) is 5.70. The summed E-state index contributed by atoms with van der Waals surface area (Å²) in [5, 5.41) is 5.19. The molecule has 2 N–H and O–H groups in total. The Hall–Kier alpha value is -1.66. The molecule has 1 fully saturated rings. The number of urea groups is 1. The normalized spacial score (nSPS) is 16.1. The lowest BCUT2D eigenvalue weighted by atomic mass is 10.3. The lowest BCUT2D eigenvalue weighted by Gasteiger charge is -2.26. The standard InChI is InChI=1S/C13H18FN3O2/c14-11-3-1-2-4-12(11)16-13(18)15-5-6-17-7-9-19-10-8-17/h1-4H,5-10H2,(H2,15,16,18). The number of amides is 2. The lowest BCUT2D eigenvalue weighted by molar-refractivity contribution is 0.0388. The quantitative estimate of drug-likeness (QED) is 0.864. The third kappa shape index (κ3) is 4.50. The fraction of sp³-hybridized carbons (Fsp3) is 0.462. The largest absolute Gasteiger partial charge is 0.379 e. The predicted octanol–water partition coefficient (Wildman–Crippen LogP) is 1.28. The van der Waals surface area contributed by atoms with E-state index in [0.29, 0.717) is 6.54 Å². The van der Waals surface area contributed by atoms with Gasteiger partial charge in [-0.25, -0.2) is 9.18 Å². The van der Waals surface area contributed by atoms with Gasteiger partial charge >= 0.3 is 6.03 Å². The maximum Gasteiger partial charge on any atom is 0.319 e. The summed E-state index contributed by atoms with van der Waals surface area (Å²) in [5.41, 5.74) is 0.186. The van der Waals surface area contributed by atoms with Crippen LogP contribution in [0.5, 0.6) is 0 Å². The zero-order valence-electron chi connectivity index (χ0n) is 10.7. The molecule has 1 heterocycles. The van der Waals surface area contributed by atoms with Crippen LogP contribution in [0.2, 0.25) is 0 Å². The van der Waals surface area contributed by atoms with Gasteiger partial charge in [0.05, 0.1) is 18.9 Å². The van der Waals surface area contributed by atoms with Crippen molar-refractivity contribution in [3.05, 3.63) is 30.1 Å². The van der Waals surface area contributed by atoms with Crippen LogP contribution < -0.4 is 10.6 Å². The van der Waals surface area contributed by atoms with Gasteiger partial charge in [0, 0.05) is 26.2 Å². The number of hydrogen-bond donors (Lipinski definition) is 2. The Kier molecular flexibility index (Phi) is 5.11.